The van der Waals surface area contributed by atoms with Crippen molar-refractivity contribution in [1.82, 2.24) is 0 Å². The van der Waals surface area contributed by atoms with E-state index in [-0.39, 0.29) is 0 Å². The summed E-state index contributed by atoms with van der Waals surface area (Å²) in [5.41, 5.74) is 9.04. The van der Waals surface area contributed by atoms with Crippen LogP contribution in [-0.4, -0.2) is 13.3 Å². The van der Waals surface area contributed by atoms with Crippen LogP contribution in [0, 0.1) is 0 Å². The normalized spacial score (nSPS) is 10.4. The molecule has 17 heavy (non-hydrogen) atoms. The summed E-state index contributed by atoms with van der Waals surface area (Å²) in [6.45, 7) is 0.975. The first-order valence-corrected chi connectivity index (χ1v) is 5.82. The molecule has 0 aliphatic heterocycles. The molecule has 0 atom stereocenters. The average molecular weight is 227 g/mol. The molecule has 0 spiro atoms. The number of ether oxygens (including phenoxy) is 1. The molecule has 2 aromatic carbocycles. The van der Waals surface area contributed by atoms with Crippen LogP contribution in [0.5, 0.6) is 0 Å². The van der Waals surface area contributed by atoms with E-state index in [9.17, 15) is 0 Å². The Bertz CT molecular complexity index is 436. The molecular formula is C15H17NO. The zero-order chi connectivity index (χ0) is 11.9. The Morgan fingerprint density at radius 2 is 1.47 bits per heavy atom. The summed E-state index contributed by atoms with van der Waals surface area (Å²) < 4.78 is 5.13. The Balaban J connectivity index is 2.03. The topological polar surface area (TPSA) is 35.2 Å². The molecule has 0 bridgehead atoms. The van der Waals surface area contributed by atoms with Gasteiger partial charge in [-0.1, -0.05) is 54.6 Å². The molecule has 0 amide bonds. The molecule has 0 heterocycles. The van der Waals surface area contributed by atoms with Gasteiger partial charge in [0.1, 0.15) is 0 Å². The van der Waals surface area contributed by atoms with Gasteiger partial charge < -0.3 is 10.5 Å². The first-order chi connectivity index (χ1) is 8.40. The van der Waals surface area contributed by atoms with Crippen LogP contribution in [0.15, 0.2) is 54.6 Å². The van der Waals surface area contributed by atoms with Crippen molar-refractivity contribution in [2.45, 2.75) is 6.42 Å². The molecule has 0 aromatic heterocycles. The van der Waals surface area contributed by atoms with Gasteiger partial charge in [0.05, 0.1) is 13.3 Å². The highest BCUT2D eigenvalue weighted by atomic mass is 16.5. The predicted molar refractivity (Wildman–Crippen MR) is 70.6 cm³/mol. The standard InChI is InChI=1S/C15H17NO/c16-12-17-11-10-13-6-8-15(9-7-13)14-4-2-1-3-5-14/h1-9H,10-12,16H2. The van der Waals surface area contributed by atoms with Crippen LogP contribution in [0.3, 0.4) is 0 Å². The van der Waals surface area contributed by atoms with E-state index in [1.165, 1.54) is 16.7 Å². The first-order valence-electron chi connectivity index (χ1n) is 5.82. The third-order valence-electron chi connectivity index (χ3n) is 2.71. The van der Waals surface area contributed by atoms with Crippen LogP contribution in [0.1, 0.15) is 5.56 Å². The summed E-state index contributed by atoms with van der Waals surface area (Å²) >= 11 is 0. The fraction of sp³-hybridized carbons (Fsp3) is 0.200. The van der Waals surface area contributed by atoms with Crippen molar-refractivity contribution in [1.29, 1.82) is 0 Å². The smallest absolute Gasteiger partial charge is 0.0940 e. The van der Waals surface area contributed by atoms with E-state index >= 15 is 0 Å². The van der Waals surface area contributed by atoms with Gasteiger partial charge in [0.2, 0.25) is 0 Å². The molecule has 0 saturated carbocycles. The molecule has 2 nitrogen and oxygen atoms in total. The van der Waals surface area contributed by atoms with Crippen molar-refractivity contribution in [3.8, 4) is 11.1 Å². The Morgan fingerprint density at radius 1 is 0.824 bits per heavy atom. The van der Waals surface area contributed by atoms with Crippen molar-refractivity contribution in [3.63, 3.8) is 0 Å². The van der Waals surface area contributed by atoms with Gasteiger partial charge in [0, 0.05) is 0 Å². The second-order valence-electron chi connectivity index (χ2n) is 3.89. The predicted octanol–water partition coefficient (Wildman–Crippen LogP) is 2.83. The Labute approximate surface area is 102 Å². The van der Waals surface area contributed by atoms with E-state index in [2.05, 4.69) is 48.5 Å². The maximum Gasteiger partial charge on any atom is 0.0940 e. The summed E-state index contributed by atoms with van der Waals surface area (Å²) in [7, 11) is 0. The molecule has 2 rings (SSSR count). The molecule has 0 fully saturated rings. The van der Waals surface area contributed by atoms with E-state index in [1.807, 2.05) is 6.07 Å². The van der Waals surface area contributed by atoms with Crippen LogP contribution in [0.2, 0.25) is 0 Å². The molecule has 2 N–H and O–H groups in total. The molecule has 0 saturated heterocycles. The van der Waals surface area contributed by atoms with Gasteiger partial charge in [-0.05, 0) is 23.1 Å². The van der Waals surface area contributed by atoms with Crippen LogP contribution in [0.25, 0.3) is 11.1 Å². The van der Waals surface area contributed by atoms with E-state index in [1.54, 1.807) is 0 Å². The van der Waals surface area contributed by atoms with E-state index in [4.69, 9.17) is 10.5 Å². The Morgan fingerprint density at radius 3 is 2.12 bits per heavy atom. The van der Waals surface area contributed by atoms with Crippen molar-refractivity contribution in [2.75, 3.05) is 13.3 Å². The van der Waals surface area contributed by atoms with Crippen LogP contribution < -0.4 is 5.73 Å². The zero-order valence-electron chi connectivity index (χ0n) is 9.80. The van der Waals surface area contributed by atoms with E-state index < -0.39 is 0 Å². The first kappa shape index (κ1) is 11.8. The number of nitrogens with two attached hydrogens (primary N) is 1. The lowest BCUT2D eigenvalue weighted by molar-refractivity contribution is 0.144. The molecular weight excluding hydrogens is 210 g/mol. The quantitative estimate of drug-likeness (QED) is 0.629. The lowest BCUT2D eigenvalue weighted by Gasteiger charge is -2.04. The van der Waals surface area contributed by atoms with E-state index in [0.29, 0.717) is 13.3 Å². The highest BCUT2D eigenvalue weighted by Crippen LogP contribution is 2.19. The van der Waals surface area contributed by atoms with Gasteiger partial charge >= 0.3 is 0 Å². The summed E-state index contributed by atoms with van der Waals surface area (Å²) in [5, 5.41) is 0. The van der Waals surface area contributed by atoms with Crippen LogP contribution >= 0.6 is 0 Å². The van der Waals surface area contributed by atoms with Crippen molar-refractivity contribution < 1.29 is 4.74 Å². The molecule has 0 radical (unpaired) electrons. The lowest BCUT2D eigenvalue weighted by atomic mass is 10.0. The number of hydrogen-bond acceptors (Lipinski definition) is 2. The summed E-state index contributed by atoms with van der Waals surface area (Å²) in [4.78, 5) is 0. The number of rotatable bonds is 5. The van der Waals surface area contributed by atoms with Gasteiger partial charge in [-0.25, -0.2) is 0 Å². The maximum atomic E-state index is 5.27. The maximum absolute atomic E-state index is 5.27. The van der Waals surface area contributed by atoms with Crippen molar-refractivity contribution in [2.24, 2.45) is 5.73 Å². The van der Waals surface area contributed by atoms with Crippen LogP contribution in [0.4, 0.5) is 0 Å². The molecule has 88 valence electrons. The zero-order valence-corrected chi connectivity index (χ0v) is 9.80. The molecule has 0 aliphatic rings. The molecule has 0 unspecified atom stereocenters. The fourth-order valence-corrected chi connectivity index (χ4v) is 1.77. The summed E-state index contributed by atoms with van der Waals surface area (Å²) in [5.74, 6) is 0. The van der Waals surface area contributed by atoms with Crippen molar-refractivity contribution >= 4 is 0 Å². The molecule has 0 aliphatic carbocycles. The van der Waals surface area contributed by atoms with Crippen LogP contribution in [-0.2, 0) is 11.2 Å². The minimum Gasteiger partial charge on any atom is -0.366 e. The van der Waals surface area contributed by atoms with Gasteiger partial charge in [0.25, 0.3) is 0 Å². The molecule has 2 heteroatoms. The second kappa shape index (κ2) is 6.18. The fourth-order valence-electron chi connectivity index (χ4n) is 1.77. The summed E-state index contributed by atoms with van der Waals surface area (Å²) in [6, 6.07) is 18.9. The largest absolute Gasteiger partial charge is 0.366 e. The Hall–Kier alpha value is -1.64. The second-order valence-corrected chi connectivity index (χ2v) is 3.89. The third kappa shape index (κ3) is 3.41. The van der Waals surface area contributed by atoms with Gasteiger partial charge in [-0.15, -0.1) is 0 Å². The Kier molecular flexibility index (Phi) is 4.30. The lowest BCUT2D eigenvalue weighted by Crippen LogP contribution is -2.07. The van der Waals surface area contributed by atoms with Gasteiger partial charge in [-0.2, -0.15) is 0 Å². The third-order valence-corrected chi connectivity index (χ3v) is 2.71. The van der Waals surface area contributed by atoms with Crippen molar-refractivity contribution in [3.05, 3.63) is 60.2 Å². The SMILES string of the molecule is NCOCCc1ccc(-c2ccccc2)cc1. The van der Waals surface area contributed by atoms with Gasteiger partial charge in [0.15, 0.2) is 0 Å². The number of benzene rings is 2. The van der Waals surface area contributed by atoms with E-state index in [0.717, 1.165) is 6.42 Å². The highest BCUT2D eigenvalue weighted by Gasteiger charge is 1.97. The average Bonchev–Trinajstić information content (AvgIpc) is 2.41. The number of hydrogen-bond donors (Lipinski definition) is 1. The minimum absolute atomic E-state index is 0.294. The molecule has 2 aromatic rings. The summed E-state index contributed by atoms with van der Waals surface area (Å²) in [6.07, 6.45) is 0.909. The minimum atomic E-state index is 0.294. The monoisotopic (exact) mass is 227 g/mol. The highest BCUT2D eigenvalue weighted by molar-refractivity contribution is 5.63. The van der Waals surface area contributed by atoms with Gasteiger partial charge in [-0.3, -0.25) is 0 Å².